The normalized spacial score (nSPS) is 13.9. The van der Waals surface area contributed by atoms with Crippen LogP contribution in [0.3, 0.4) is 0 Å². The van der Waals surface area contributed by atoms with E-state index in [2.05, 4.69) is 0 Å². The number of aromatic nitrogens is 2. The first-order valence-corrected chi connectivity index (χ1v) is 10.5. The Kier molecular flexibility index (Phi) is 4.47. The zero-order valence-corrected chi connectivity index (χ0v) is 17.2. The van der Waals surface area contributed by atoms with Crippen LogP contribution in [0.5, 0.6) is 0 Å². The Morgan fingerprint density at radius 3 is 2.31 bits per heavy atom. The standard InChI is InChI=1S/C22H21N3O3S/c1-13-18-14(2)23-20(15-7-8-15)24-21(18)29-19(13)22(26)25(11-16-5-3-9-27-16)12-17-6-4-10-28-17/h3-6,9-10,15H,7-8,11-12H2,1-2H3. The van der Waals surface area contributed by atoms with Gasteiger partial charge in [-0.1, -0.05) is 0 Å². The number of hydrogen-bond acceptors (Lipinski definition) is 6. The zero-order valence-electron chi connectivity index (χ0n) is 16.3. The molecule has 1 fully saturated rings. The fraction of sp³-hybridized carbons (Fsp3) is 0.318. The van der Waals surface area contributed by atoms with Gasteiger partial charge in [0.25, 0.3) is 5.91 Å². The number of amides is 1. The molecule has 0 spiro atoms. The molecule has 0 bridgehead atoms. The van der Waals surface area contributed by atoms with E-state index in [0.717, 1.165) is 51.7 Å². The zero-order chi connectivity index (χ0) is 20.0. The van der Waals surface area contributed by atoms with Gasteiger partial charge in [0.1, 0.15) is 22.2 Å². The minimum Gasteiger partial charge on any atom is -0.467 e. The highest BCUT2D eigenvalue weighted by Crippen LogP contribution is 2.40. The maximum atomic E-state index is 13.5. The summed E-state index contributed by atoms with van der Waals surface area (Å²) in [7, 11) is 0. The Labute approximate surface area is 172 Å². The molecule has 4 aromatic rings. The summed E-state index contributed by atoms with van der Waals surface area (Å²) < 4.78 is 11.0. The molecule has 1 aliphatic carbocycles. The van der Waals surface area contributed by atoms with Crippen molar-refractivity contribution in [1.82, 2.24) is 14.9 Å². The van der Waals surface area contributed by atoms with Crippen LogP contribution in [0.4, 0.5) is 0 Å². The van der Waals surface area contributed by atoms with E-state index in [9.17, 15) is 4.79 Å². The molecule has 5 rings (SSSR count). The van der Waals surface area contributed by atoms with Crippen LogP contribution in [-0.2, 0) is 13.1 Å². The number of hydrogen-bond donors (Lipinski definition) is 0. The maximum Gasteiger partial charge on any atom is 0.265 e. The smallest absolute Gasteiger partial charge is 0.265 e. The molecule has 0 aliphatic heterocycles. The molecule has 0 radical (unpaired) electrons. The van der Waals surface area contributed by atoms with E-state index >= 15 is 0 Å². The molecule has 0 unspecified atom stereocenters. The minimum absolute atomic E-state index is 0.0503. The maximum absolute atomic E-state index is 13.5. The van der Waals surface area contributed by atoms with Crippen molar-refractivity contribution in [2.75, 3.05) is 0 Å². The SMILES string of the molecule is Cc1nc(C2CC2)nc2sc(C(=O)N(Cc3ccco3)Cc3ccco3)c(C)c12. The van der Waals surface area contributed by atoms with Gasteiger partial charge in [0.2, 0.25) is 0 Å². The molecule has 6 nitrogen and oxygen atoms in total. The highest BCUT2D eigenvalue weighted by Gasteiger charge is 2.29. The fourth-order valence-corrected chi connectivity index (χ4v) is 4.82. The van der Waals surface area contributed by atoms with Crippen LogP contribution in [0.2, 0.25) is 0 Å². The number of carbonyl (C=O) groups is 1. The molecule has 0 saturated heterocycles. The summed E-state index contributed by atoms with van der Waals surface area (Å²) in [5.74, 6) is 2.81. The number of aryl methyl sites for hydroxylation is 2. The van der Waals surface area contributed by atoms with Crippen molar-refractivity contribution in [1.29, 1.82) is 0 Å². The molecular weight excluding hydrogens is 386 g/mol. The first-order valence-electron chi connectivity index (χ1n) is 9.72. The predicted octanol–water partition coefficient (Wildman–Crippen LogP) is 5.21. The van der Waals surface area contributed by atoms with Crippen molar-refractivity contribution in [2.45, 2.75) is 45.7 Å². The van der Waals surface area contributed by atoms with Crippen LogP contribution in [-0.4, -0.2) is 20.8 Å². The summed E-state index contributed by atoms with van der Waals surface area (Å²) in [4.78, 5) is 26.4. The molecule has 1 aliphatic rings. The van der Waals surface area contributed by atoms with Gasteiger partial charge in [-0.2, -0.15) is 0 Å². The Morgan fingerprint density at radius 1 is 1.10 bits per heavy atom. The first-order chi connectivity index (χ1) is 14.1. The van der Waals surface area contributed by atoms with Crippen LogP contribution < -0.4 is 0 Å². The highest BCUT2D eigenvalue weighted by molar-refractivity contribution is 7.20. The van der Waals surface area contributed by atoms with Crippen LogP contribution in [0.15, 0.2) is 45.6 Å². The summed E-state index contributed by atoms with van der Waals surface area (Å²) in [6, 6.07) is 7.40. The van der Waals surface area contributed by atoms with Gasteiger partial charge in [-0.25, -0.2) is 9.97 Å². The lowest BCUT2D eigenvalue weighted by Crippen LogP contribution is -2.29. The van der Waals surface area contributed by atoms with Gasteiger partial charge >= 0.3 is 0 Å². The molecular formula is C22H21N3O3S. The second-order valence-corrected chi connectivity index (χ2v) is 8.50. The Hall–Kier alpha value is -2.93. The third kappa shape index (κ3) is 3.46. The van der Waals surface area contributed by atoms with Gasteiger partial charge in [0.15, 0.2) is 0 Å². The predicted molar refractivity (Wildman–Crippen MR) is 110 cm³/mol. The Morgan fingerprint density at radius 2 is 1.76 bits per heavy atom. The van der Waals surface area contributed by atoms with Crippen molar-refractivity contribution >= 4 is 27.5 Å². The lowest BCUT2D eigenvalue weighted by Gasteiger charge is -2.20. The molecule has 4 aromatic heterocycles. The molecule has 0 aromatic carbocycles. The molecule has 4 heterocycles. The number of thiophene rings is 1. The second kappa shape index (κ2) is 7.15. The first kappa shape index (κ1) is 18.1. The third-order valence-electron chi connectivity index (χ3n) is 5.27. The molecule has 1 amide bonds. The molecule has 29 heavy (non-hydrogen) atoms. The summed E-state index contributed by atoms with van der Waals surface area (Å²) in [6.07, 6.45) is 5.55. The van der Waals surface area contributed by atoms with Gasteiger partial charge in [-0.15, -0.1) is 11.3 Å². The van der Waals surface area contributed by atoms with Gasteiger partial charge in [-0.3, -0.25) is 4.79 Å². The van der Waals surface area contributed by atoms with Crippen molar-refractivity contribution < 1.29 is 13.6 Å². The van der Waals surface area contributed by atoms with Crippen molar-refractivity contribution in [3.8, 4) is 0 Å². The van der Waals surface area contributed by atoms with Crippen LogP contribution in [0.1, 0.15) is 57.0 Å². The van der Waals surface area contributed by atoms with Crippen molar-refractivity contribution in [3.05, 3.63) is 70.3 Å². The lowest BCUT2D eigenvalue weighted by molar-refractivity contribution is 0.0709. The fourth-order valence-electron chi connectivity index (χ4n) is 3.61. The van der Waals surface area contributed by atoms with Crippen LogP contribution >= 0.6 is 11.3 Å². The van der Waals surface area contributed by atoms with Crippen molar-refractivity contribution in [2.24, 2.45) is 0 Å². The summed E-state index contributed by atoms with van der Waals surface area (Å²) in [5.41, 5.74) is 1.90. The molecule has 0 atom stereocenters. The van der Waals surface area contributed by atoms with Crippen LogP contribution in [0.25, 0.3) is 10.2 Å². The summed E-state index contributed by atoms with van der Waals surface area (Å²) in [5, 5.41) is 0.999. The number of furan rings is 2. The molecule has 1 saturated carbocycles. The average Bonchev–Trinajstić information content (AvgIpc) is 3.06. The number of nitrogens with zero attached hydrogens (tertiary/aromatic N) is 3. The Bertz CT molecular complexity index is 1120. The van der Waals surface area contributed by atoms with E-state index in [4.69, 9.17) is 18.8 Å². The van der Waals surface area contributed by atoms with E-state index in [1.165, 1.54) is 11.3 Å². The Balaban J connectivity index is 1.52. The monoisotopic (exact) mass is 407 g/mol. The van der Waals surface area contributed by atoms with Gasteiger partial charge in [0, 0.05) is 11.3 Å². The van der Waals surface area contributed by atoms with Gasteiger partial charge in [0.05, 0.1) is 36.2 Å². The highest BCUT2D eigenvalue weighted by atomic mass is 32.1. The molecule has 7 heteroatoms. The van der Waals surface area contributed by atoms with E-state index in [0.29, 0.717) is 23.9 Å². The molecule has 148 valence electrons. The van der Waals surface area contributed by atoms with E-state index in [1.807, 2.05) is 38.1 Å². The van der Waals surface area contributed by atoms with Crippen LogP contribution in [0, 0.1) is 13.8 Å². The average molecular weight is 407 g/mol. The van der Waals surface area contributed by atoms with E-state index in [1.54, 1.807) is 17.4 Å². The van der Waals surface area contributed by atoms with E-state index < -0.39 is 0 Å². The summed E-state index contributed by atoms with van der Waals surface area (Å²) >= 11 is 1.46. The van der Waals surface area contributed by atoms with Gasteiger partial charge in [-0.05, 0) is 56.5 Å². The van der Waals surface area contributed by atoms with Crippen molar-refractivity contribution in [3.63, 3.8) is 0 Å². The topological polar surface area (TPSA) is 72.4 Å². The quantitative estimate of drug-likeness (QED) is 0.438. The number of carbonyl (C=O) groups excluding carboxylic acids is 1. The largest absolute Gasteiger partial charge is 0.467 e. The van der Waals surface area contributed by atoms with E-state index in [-0.39, 0.29) is 5.91 Å². The van der Waals surface area contributed by atoms with Gasteiger partial charge < -0.3 is 13.7 Å². The number of rotatable bonds is 6. The molecule has 0 N–H and O–H groups in total. The minimum atomic E-state index is -0.0503. The summed E-state index contributed by atoms with van der Waals surface area (Å²) in [6.45, 7) is 4.74. The lowest BCUT2D eigenvalue weighted by atomic mass is 10.1. The number of fused-ring (bicyclic) bond motifs is 1. The third-order valence-corrected chi connectivity index (χ3v) is 6.44. The second-order valence-electron chi connectivity index (χ2n) is 7.50.